The van der Waals surface area contributed by atoms with E-state index in [2.05, 4.69) is 19.9 Å². The molecule has 1 amide bonds. The van der Waals surface area contributed by atoms with Crippen molar-refractivity contribution in [1.82, 2.24) is 0 Å². The number of allylic oxidation sites excluding steroid dienone is 9. The SMILES string of the molecule is CC=CC=CC=CCCC=CC=C(CC(O)(CCCCCC)CCCCCC)C(N)=O. The highest BCUT2D eigenvalue weighted by atomic mass is 16.3. The molecule has 0 saturated heterocycles. The zero-order chi connectivity index (χ0) is 23.2. The van der Waals surface area contributed by atoms with Crippen molar-refractivity contribution in [1.29, 1.82) is 0 Å². The van der Waals surface area contributed by atoms with Gasteiger partial charge in [0.05, 0.1) is 5.60 Å². The minimum atomic E-state index is -0.835. The number of carbonyl (C=O) groups is 1. The molecule has 176 valence electrons. The molecular weight excluding hydrogens is 382 g/mol. The summed E-state index contributed by atoms with van der Waals surface area (Å²) >= 11 is 0. The van der Waals surface area contributed by atoms with Gasteiger partial charge in [-0.25, -0.2) is 0 Å². The molecule has 0 bridgehead atoms. The predicted octanol–water partition coefficient (Wildman–Crippen LogP) is 7.49. The fourth-order valence-electron chi connectivity index (χ4n) is 3.53. The minimum Gasteiger partial charge on any atom is -0.390 e. The van der Waals surface area contributed by atoms with E-state index in [1.54, 1.807) is 6.08 Å². The second-order valence-electron chi connectivity index (χ2n) is 8.42. The van der Waals surface area contributed by atoms with Gasteiger partial charge in [0.25, 0.3) is 0 Å². The van der Waals surface area contributed by atoms with E-state index < -0.39 is 11.5 Å². The lowest BCUT2D eigenvalue weighted by atomic mass is 9.84. The van der Waals surface area contributed by atoms with Gasteiger partial charge in [0.15, 0.2) is 0 Å². The van der Waals surface area contributed by atoms with Gasteiger partial charge in [-0.15, -0.1) is 0 Å². The number of hydrogen-bond acceptors (Lipinski definition) is 2. The Bertz CT molecular complexity index is 584. The molecule has 0 spiro atoms. The highest BCUT2D eigenvalue weighted by Crippen LogP contribution is 2.29. The van der Waals surface area contributed by atoms with Gasteiger partial charge < -0.3 is 10.8 Å². The first-order valence-electron chi connectivity index (χ1n) is 12.3. The van der Waals surface area contributed by atoms with Crippen molar-refractivity contribution in [2.24, 2.45) is 5.73 Å². The summed E-state index contributed by atoms with van der Waals surface area (Å²) in [5, 5.41) is 11.3. The topological polar surface area (TPSA) is 63.3 Å². The van der Waals surface area contributed by atoms with Gasteiger partial charge in [0, 0.05) is 12.0 Å². The fourth-order valence-corrected chi connectivity index (χ4v) is 3.53. The maximum absolute atomic E-state index is 12.0. The second-order valence-corrected chi connectivity index (χ2v) is 8.42. The average Bonchev–Trinajstić information content (AvgIpc) is 2.75. The summed E-state index contributed by atoms with van der Waals surface area (Å²) in [6, 6.07) is 0. The minimum absolute atomic E-state index is 0.348. The van der Waals surface area contributed by atoms with E-state index in [4.69, 9.17) is 5.73 Å². The van der Waals surface area contributed by atoms with Crippen LogP contribution >= 0.6 is 0 Å². The number of nitrogens with two attached hydrogens (primary N) is 1. The molecule has 0 atom stereocenters. The van der Waals surface area contributed by atoms with E-state index in [0.29, 0.717) is 12.0 Å². The average molecular weight is 430 g/mol. The molecule has 0 unspecified atom stereocenters. The lowest BCUT2D eigenvalue weighted by Gasteiger charge is -2.29. The molecular formula is C28H47NO2. The third-order valence-electron chi connectivity index (χ3n) is 5.42. The van der Waals surface area contributed by atoms with Gasteiger partial charge in [-0.3, -0.25) is 4.79 Å². The first kappa shape index (κ1) is 29.1. The quantitative estimate of drug-likeness (QED) is 0.127. The van der Waals surface area contributed by atoms with Crippen LogP contribution in [-0.2, 0) is 4.79 Å². The number of unbranched alkanes of at least 4 members (excludes halogenated alkanes) is 7. The maximum atomic E-state index is 12.0. The summed E-state index contributed by atoms with van der Waals surface area (Å²) < 4.78 is 0. The molecule has 0 saturated carbocycles. The molecule has 0 heterocycles. The number of aliphatic hydroxyl groups is 1. The van der Waals surface area contributed by atoms with Gasteiger partial charge >= 0.3 is 0 Å². The van der Waals surface area contributed by atoms with Crippen LogP contribution < -0.4 is 5.73 Å². The van der Waals surface area contributed by atoms with Crippen LogP contribution in [0.2, 0.25) is 0 Å². The van der Waals surface area contributed by atoms with Crippen LogP contribution in [-0.4, -0.2) is 16.6 Å². The van der Waals surface area contributed by atoms with Crippen molar-refractivity contribution < 1.29 is 9.90 Å². The van der Waals surface area contributed by atoms with Gasteiger partial charge in [-0.1, -0.05) is 120 Å². The van der Waals surface area contributed by atoms with Gasteiger partial charge in [0.2, 0.25) is 5.91 Å². The summed E-state index contributed by atoms with van der Waals surface area (Å²) in [7, 11) is 0. The third-order valence-corrected chi connectivity index (χ3v) is 5.42. The third kappa shape index (κ3) is 17.5. The Balaban J connectivity index is 4.85. The van der Waals surface area contributed by atoms with Crippen LogP contribution in [0.25, 0.3) is 0 Å². The zero-order valence-electron chi connectivity index (χ0n) is 20.3. The summed E-state index contributed by atoms with van der Waals surface area (Å²) in [6.45, 7) is 6.37. The van der Waals surface area contributed by atoms with Crippen molar-refractivity contribution >= 4 is 5.91 Å². The lowest BCUT2D eigenvalue weighted by Crippen LogP contribution is -2.32. The molecule has 0 radical (unpaired) electrons. The maximum Gasteiger partial charge on any atom is 0.244 e. The molecule has 3 N–H and O–H groups in total. The van der Waals surface area contributed by atoms with Crippen molar-refractivity contribution in [3.8, 4) is 0 Å². The van der Waals surface area contributed by atoms with Crippen LogP contribution in [0.15, 0.2) is 60.3 Å². The Morgan fingerprint density at radius 3 is 1.87 bits per heavy atom. The van der Waals surface area contributed by atoms with Crippen LogP contribution in [0.3, 0.4) is 0 Å². The van der Waals surface area contributed by atoms with E-state index in [9.17, 15) is 9.90 Å². The van der Waals surface area contributed by atoms with E-state index in [1.165, 1.54) is 25.7 Å². The normalized spacial score (nSPS) is 13.5. The molecule has 0 fully saturated rings. The molecule has 31 heavy (non-hydrogen) atoms. The van der Waals surface area contributed by atoms with E-state index >= 15 is 0 Å². The molecule has 0 aromatic rings. The lowest BCUT2D eigenvalue weighted by molar-refractivity contribution is -0.115. The summed E-state index contributed by atoms with van der Waals surface area (Å²) in [6.07, 6.45) is 30.5. The van der Waals surface area contributed by atoms with Gasteiger partial charge in [-0.2, -0.15) is 0 Å². The molecule has 3 heteroatoms. The number of carbonyl (C=O) groups excluding carboxylic acids is 1. The number of primary amides is 1. The highest BCUT2D eigenvalue weighted by Gasteiger charge is 2.28. The molecule has 0 aliphatic heterocycles. The number of rotatable bonds is 19. The molecule has 0 aliphatic rings. The summed E-state index contributed by atoms with van der Waals surface area (Å²) in [4.78, 5) is 12.0. The van der Waals surface area contributed by atoms with Crippen LogP contribution in [0.5, 0.6) is 0 Å². The molecule has 0 aromatic heterocycles. The first-order valence-corrected chi connectivity index (χ1v) is 12.3. The van der Waals surface area contributed by atoms with Crippen molar-refractivity contribution in [2.75, 3.05) is 0 Å². The van der Waals surface area contributed by atoms with Gasteiger partial charge in [0.1, 0.15) is 0 Å². The standard InChI is InChI=1S/C28H47NO2/c1-4-7-10-13-14-15-16-17-18-19-22-26(27(29)30)25-28(31,23-20-11-8-5-2)24-21-12-9-6-3/h4,7,10,13-15,18-19,22,31H,5-6,8-9,11-12,16-17,20-21,23-25H2,1-3H3,(H2,29,30). The zero-order valence-corrected chi connectivity index (χ0v) is 20.3. The monoisotopic (exact) mass is 429 g/mol. The van der Waals surface area contributed by atoms with Crippen molar-refractivity contribution in [3.05, 3.63) is 60.3 Å². The van der Waals surface area contributed by atoms with E-state index in [0.717, 1.165) is 51.4 Å². The Hall–Kier alpha value is -1.87. The van der Waals surface area contributed by atoms with E-state index in [1.807, 2.05) is 49.5 Å². The van der Waals surface area contributed by atoms with Gasteiger partial charge in [-0.05, 0) is 32.6 Å². The van der Waals surface area contributed by atoms with Crippen molar-refractivity contribution in [2.45, 2.75) is 110 Å². The Morgan fingerprint density at radius 1 is 0.806 bits per heavy atom. The Kier molecular flexibility index (Phi) is 18.8. The Morgan fingerprint density at radius 2 is 1.35 bits per heavy atom. The molecule has 0 rings (SSSR count). The molecule has 0 aromatic carbocycles. The fraction of sp³-hybridized carbons (Fsp3) is 0.607. The van der Waals surface area contributed by atoms with Crippen molar-refractivity contribution in [3.63, 3.8) is 0 Å². The van der Waals surface area contributed by atoms with Crippen LogP contribution in [0, 0.1) is 0 Å². The predicted molar refractivity (Wildman–Crippen MR) is 136 cm³/mol. The van der Waals surface area contributed by atoms with E-state index in [-0.39, 0.29) is 0 Å². The first-order chi connectivity index (χ1) is 15.0. The summed E-state index contributed by atoms with van der Waals surface area (Å²) in [5.41, 5.74) is 5.33. The number of hydrogen-bond donors (Lipinski definition) is 2. The second kappa shape index (κ2) is 20.1. The highest BCUT2D eigenvalue weighted by molar-refractivity contribution is 5.92. The molecule has 0 aliphatic carbocycles. The molecule has 3 nitrogen and oxygen atoms in total. The number of amides is 1. The van der Waals surface area contributed by atoms with Crippen LogP contribution in [0.1, 0.15) is 104 Å². The summed E-state index contributed by atoms with van der Waals surface area (Å²) in [5.74, 6) is -0.431. The smallest absolute Gasteiger partial charge is 0.244 e. The van der Waals surface area contributed by atoms with Crippen LogP contribution in [0.4, 0.5) is 0 Å². The largest absolute Gasteiger partial charge is 0.390 e. The Labute approximate surface area is 191 Å².